The van der Waals surface area contributed by atoms with Crippen LogP contribution in [0.25, 0.3) is 0 Å². The first-order chi connectivity index (χ1) is 8.24. The maximum Gasteiger partial charge on any atom is 0.103 e. The van der Waals surface area contributed by atoms with Gasteiger partial charge in [0.05, 0.1) is 0 Å². The minimum atomic E-state index is 0.459. The molecule has 0 aliphatic carbocycles. The SMILES string of the molecule is Cc1ncc(CNC(C)Cc2ccccc2)[nH]1. The second kappa shape index (κ2) is 5.64. The molecular weight excluding hydrogens is 210 g/mol. The van der Waals surface area contributed by atoms with Crippen LogP contribution in [0, 0.1) is 6.92 Å². The van der Waals surface area contributed by atoms with Gasteiger partial charge in [0.25, 0.3) is 0 Å². The summed E-state index contributed by atoms with van der Waals surface area (Å²) in [7, 11) is 0. The summed E-state index contributed by atoms with van der Waals surface area (Å²) >= 11 is 0. The molecule has 0 bridgehead atoms. The van der Waals surface area contributed by atoms with Crippen molar-refractivity contribution in [3.05, 3.63) is 53.6 Å². The highest BCUT2D eigenvalue weighted by Crippen LogP contribution is 2.03. The van der Waals surface area contributed by atoms with E-state index < -0.39 is 0 Å². The Labute approximate surface area is 102 Å². The monoisotopic (exact) mass is 229 g/mol. The number of benzene rings is 1. The molecule has 0 saturated heterocycles. The molecule has 3 heteroatoms. The van der Waals surface area contributed by atoms with Crippen molar-refractivity contribution in [2.45, 2.75) is 32.9 Å². The standard InChI is InChI=1S/C14H19N3/c1-11(8-13-6-4-3-5-7-13)15-9-14-10-16-12(2)17-14/h3-7,10-11,15H,8-9H2,1-2H3,(H,16,17). The molecule has 0 fully saturated rings. The maximum absolute atomic E-state index is 4.18. The van der Waals surface area contributed by atoms with Crippen molar-refractivity contribution < 1.29 is 0 Å². The summed E-state index contributed by atoms with van der Waals surface area (Å²) in [4.78, 5) is 7.40. The van der Waals surface area contributed by atoms with Crippen LogP contribution in [0.3, 0.4) is 0 Å². The Morgan fingerprint density at radius 2 is 2.06 bits per heavy atom. The molecule has 0 radical (unpaired) electrons. The molecule has 0 saturated carbocycles. The molecule has 3 nitrogen and oxygen atoms in total. The van der Waals surface area contributed by atoms with Crippen molar-refractivity contribution in [1.29, 1.82) is 0 Å². The van der Waals surface area contributed by atoms with Gasteiger partial charge in [-0.2, -0.15) is 0 Å². The van der Waals surface area contributed by atoms with Gasteiger partial charge in [0, 0.05) is 24.5 Å². The zero-order valence-electron chi connectivity index (χ0n) is 10.4. The molecule has 2 N–H and O–H groups in total. The molecule has 0 spiro atoms. The molecule has 1 aromatic heterocycles. The van der Waals surface area contributed by atoms with Crippen molar-refractivity contribution >= 4 is 0 Å². The minimum absolute atomic E-state index is 0.459. The molecule has 1 unspecified atom stereocenters. The summed E-state index contributed by atoms with van der Waals surface area (Å²) in [6, 6.07) is 11.0. The molecule has 90 valence electrons. The number of aromatic amines is 1. The molecule has 2 rings (SSSR count). The predicted molar refractivity (Wildman–Crippen MR) is 69.8 cm³/mol. The lowest BCUT2D eigenvalue weighted by atomic mass is 10.1. The van der Waals surface area contributed by atoms with Gasteiger partial charge in [-0.1, -0.05) is 30.3 Å². The van der Waals surface area contributed by atoms with E-state index in [1.807, 2.05) is 13.1 Å². The fraction of sp³-hybridized carbons (Fsp3) is 0.357. The lowest BCUT2D eigenvalue weighted by molar-refractivity contribution is 0.540. The highest BCUT2D eigenvalue weighted by atomic mass is 15.0. The summed E-state index contributed by atoms with van der Waals surface area (Å²) in [5, 5.41) is 3.49. The number of H-pyrrole nitrogens is 1. The van der Waals surface area contributed by atoms with Gasteiger partial charge in [0.1, 0.15) is 5.82 Å². The second-order valence-electron chi connectivity index (χ2n) is 4.47. The van der Waals surface area contributed by atoms with Crippen LogP contribution in [0.1, 0.15) is 24.0 Å². The predicted octanol–water partition coefficient (Wildman–Crippen LogP) is 2.44. The van der Waals surface area contributed by atoms with Crippen LogP contribution in [-0.4, -0.2) is 16.0 Å². The quantitative estimate of drug-likeness (QED) is 0.826. The highest BCUT2D eigenvalue weighted by molar-refractivity contribution is 5.15. The Kier molecular flexibility index (Phi) is 3.94. The Balaban J connectivity index is 1.80. The second-order valence-corrected chi connectivity index (χ2v) is 4.47. The van der Waals surface area contributed by atoms with Crippen LogP contribution in [-0.2, 0) is 13.0 Å². The van der Waals surface area contributed by atoms with Gasteiger partial charge in [-0.15, -0.1) is 0 Å². The van der Waals surface area contributed by atoms with Crippen molar-refractivity contribution in [2.75, 3.05) is 0 Å². The lowest BCUT2D eigenvalue weighted by Gasteiger charge is -2.12. The maximum atomic E-state index is 4.18. The Morgan fingerprint density at radius 3 is 2.71 bits per heavy atom. The summed E-state index contributed by atoms with van der Waals surface area (Å²) in [5.41, 5.74) is 2.51. The third-order valence-electron chi connectivity index (χ3n) is 2.78. The highest BCUT2D eigenvalue weighted by Gasteiger charge is 2.03. The minimum Gasteiger partial charge on any atom is -0.345 e. The van der Waals surface area contributed by atoms with Crippen molar-refractivity contribution in [3.63, 3.8) is 0 Å². The molecule has 2 aromatic rings. The van der Waals surface area contributed by atoms with Crippen LogP contribution >= 0.6 is 0 Å². The number of aromatic nitrogens is 2. The lowest BCUT2D eigenvalue weighted by Crippen LogP contribution is -2.27. The molecule has 0 amide bonds. The summed E-state index contributed by atoms with van der Waals surface area (Å²) in [6.45, 7) is 5.02. The number of rotatable bonds is 5. The van der Waals surface area contributed by atoms with E-state index in [1.165, 1.54) is 5.56 Å². The van der Waals surface area contributed by atoms with Crippen molar-refractivity contribution in [2.24, 2.45) is 0 Å². The number of imidazole rings is 1. The van der Waals surface area contributed by atoms with E-state index >= 15 is 0 Å². The first-order valence-corrected chi connectivity index (χ1v) is 6.02. The molecule has 1 heterocycles. The first kappa shape index (κ1) is 11.9. The molecule has 0 aliphatic rings. The van der Waals surface area contributed by atoms with Gasteiger partial charge in [0.2, 0.25) is 0 Å². The van der Waals surface area contributed by atoms with E-state index in [1.54, 1.807) is 0 Å². The van der Waals surface area contributed by atoms with Gasteiger partial charge in [-0.3, -0.25) is 0 Å². The van der Waals surface area contributed by atoms with Crippen LogP contribution < -0.4 is 5.32 Å². The zero-order chi connectivity index (χ0) is 12.1. The average Bonchev–Trinajstić information content (AvgIpc) is 2.74. The molecule has 1 aromatic carbocycles. The number of hydrogen-bond donors (Lipinski definition) is 2. The third kappa shape index (κ3) is 3.71. The largest absolute Gasteiger partial charge is 0.345 e. The number of nitrogens with one attached hydrogen (secondary N) is 2. The fourth-order valence-corrected chi connectivity index (χ4v) is 1.89. The zero-order valence-corrected chi connectivity index (χ0v) is 10.4. The normalized spacial score (nSPS) is 12.6. The Hall–Kier alpha value is -1.61. The number of aryl methyl sites for hydroxylation is 1. The Bertz CT molecular complexity index is 448. The van der Waals surface area contributed by atoms with E-state index in [9.17, 15) is 0 Å². The first-order valence-electron chi connectivity index (χ1n) is 6.02. The summed E-state index contributed by atoms with van der Waals surface area (Å²) in [5.74, 6) is 0.970. The van der Waals surface area contributed by atoms with E-state index in [0.717, 1.165) is 24.5 Å². The number of nitrogens with zero attached hydrogens (tertiary/aromatic N) is 1. The summed E-state index contributed by atoms with van der Waals surface area (Å²) in [6.07, 6.45) is 2.94. The van der Waals surface area contributed by atoms with E-state index in [0.29, 0.717) is 6.04 Å². The van der Waals surface area contributed by atoms with Gasteiger partial charge in [-0.05, 0) is 25.8 Å². The molecule has 1 atom stereocenters. The van der Waals surface area contributed by atoms with Gasteiger partial charge >= 0.3 is 0 Å². The van der Waals surface area contributed by atoms with Gasteiger partial charge < -0.3 is 10.3 Å². The van der Waals surface area contributed by atoms with Crippen LogP contribution in [0.5, 0.6) is 0 Å². The van der Waals surface area contributed by atoms with E-state index in [-0.39, 0.29) is 0 Å². The molecule has 17 heavy (non-hydrogen) atoms. The van der Waals surface area contributed by atoms with Crippen LogP contribution in [0.4, 0.5) is 0 Å². The summed E-state index contributed by atoms with van der Waals surface area (Å²) < 4.78 is 0. The van der Waals surface area contributed by atoms with E-state index in [2.05, 4.69) is 52.5 Å². The van der Waals surface area contributed by atoms with E-state index in [4.69, 9.17) is 0 Å². The topological polar surface area (TPSA) is 40.7 Å². The third-order valence-corrected chi connectivity index (χ3v) is 2.78. The van der Waals surface area contributed by atoms with Crippen molar-refractivity contribution in [1.82, 2.24) is 15.3 Å². The van der Waals surface area contributed by atoms with Gasteiger partial charge in [-0.25, -0.2) is 4.98 Å². The molecule has 0 aliphatic heterocycles. The Morgan fingerprint density at radius 1 is 1.29 bits per heavy atom. The van der Waals surface area contributed by atoms with Crippen LogP contribution in [0.2, 0.25) is 0 Å². The van der Waals surface area contributed by atoms with Crippen molar-refractivity contribution in [3.8, 4) is 0 Å². The smallest absolute Gasteiger partial charge is 0.103 e. The number of hydrogen-bond acceptors (Lipinski definition) is 2. The fourth-order valence-electron chi connectivity index (χ4n) is 1.89. The van der Waals surface area contributed by atoms with Crippen LogP contribution in [0.15, 0.2) is 36.5 Å². The molecular formula is C14H19N3. The average molecular weight is 229 g/mol. The van der Waals surface area contributed by atoms with Gasteiger partial charge in [0.15, 0.2) is 0 Å².